The van der Waals surface area contributed by atoms with E-state index in [1.54, 1.807) is 0 Å². The van der Waals surface area contributed by atoms with Gasteiger partial charge in [-0.15, -0.1) is 11.3 Å². The lowest BCUT2D eigenvalue weighted by Crippen LogP contribution is -2.29. The third-order valence-corrected chi connectivity index (χ3v) is 7.00. The fraction of sp³-hybridized carbons (Fsp3) is 0.294. The van der Waals surface area contributed by atoms with Crippen molar-refractivity contribution in [1.29, 1.82) is 0 Å². The fourth-order valence-corrected chi connectivity index (χ4v) is 5.49. The maximum atomic E-state index is 13.5. The molecule has 3 rings (SSSR count). The van der Waals surface area contributed by atoms with E-state index in [2.05, 4.69) is 5.32 Å². The van der Waals surface area contributed by atoms with Gasteiger partial charge < -0.3 is 10.1 Å². The molecule has 0 unspecified atom stereocenters. The molecule has 1 aromatic carbocycles. The molecule has 11 heteroatoms. The van der Waals surface area contributed by atoms with E-state index in [9.17, 15) is 26.8 Å². The number of ether oxygens (including phenoxy) is 1. The molecule has 1 N–H and O–H groups in total. The minimum Gasteiger partial charge on any atom is -0.451 e. The molecule has 1 saturated heterocycles. The topological polar surface area (TPSA) is 92.8 Å². The second-order valence-electron chi connectivity index (χ2n) is 5.97. The molecule has 0 spiro atoms. The Bertz CT molecular complexity index is 1000. The van der Waals surface area contributed by atoms with E-state index >= 15 is 0 Å². The van der Waals surface area contributed by atoms with Gasteiger partial charge in [0.15, 0.2) is 6.61 Å². The van der Waals surface area contributed by atoms with E-state index in [4.69, 9.17) is 4.74 Å². The number of hydrogen-bond acceptors (Lipinski definition) is 6. The van der Waals surface area contributed by atoms with Crippen LogP contribution in [-0.2, 0) is 19.6 Å². The molecule has 28 heavy (non-hydrogen) atoms. The van der Waals surface area contributed by atoms with Crippen LogP contribution in [0.3, 0.4) is 0 Å². The first-order valence-corrected chi connectivity index (χ1v) is 10.6. The van der Waals surface area contributed by atoms with Crippen molar-refractivity contribution in [3.63, 3.8) is 0 Å². The fourth-order valence-electron chi connectivity index (χ4n) is 2.69. The number of thiophene rings is 1. The molecule has 1 aliphatic rings. The number of sulfonamides is 1. The monoisotopic (exact) mass is 430 g/mol. The minimum absolute atomic E-state index is 0.132. The SMILES string of the molecule is O=C(COC(=O)c1sccc1S(=O)(=O)N1CCCC1)Nc1ccc(F)cc1F. The van der Waals surface area contributed by atoms with Crippen molar-refractivity contribution in [2.24, 2.45) is 0 Å². The normalized spacial score (nSPS) is 14.8. The number of carbonyl (C=O) groups is 2. The zero-order valence-electron chi connectivity index (χ0n) is 14.5. The van der Waals surface area contributed by atoms with E-state index < -0.39 is 40.1 Å². The molecule has 0 bridgehead atoms. The first-order chi connectivity index (χ1) is 13.3. The Labute approximate surface area is 164 Å². The van der Waals surface area contributed by atoms with E-state index in [0.29, 0.717) is 19.2 Å². The average Bonchev–Trinajstić information content (AvgIpc) is 3.34. The third kappa shape index (κ3) is 4.37. The van der Waals surface area contributed by atoms with Crippen LogP contribution in [0.25, 0.3) is 0 Å². The van der Waals surface area contributed by atoms with Gasteiger partial charge in [-0.2, -0.15) is 4.31 Å². The highest BCUT2D eigenvalue weighted by Crippen LogP contribution is 2.28. The zero-order valence-corrected chi connectivity index (χ0v) is 16.1. The summed E-state index contributed by atoms with van der Waals surface area (Å²) < 4.78 is 57.8. The number of benzene rings is 1. The standard InChI is InChI=1S/C17H16F2N2O5S2/c18-11-3-4-13(12(19)9-11)20-15(22)10-26-17(23)16-14(5-8-27-16)28(24,25)21-6-1-2-7-21/h3-5,8-9H,1-2,6-7,10H2,(H,20,22). The van der Waals surface area contributed by atoms with Crippen molar-refractivity contribution in [1.82, 2.24) is 4.31 Å². The van der Waals surface area contributed by atoms with Crippen molar-refractivity contribution in [2.75, 3.05) is 25.0 Å². The quantitative estimate of drug-likeness (QED) is 0.712. The Morgan fingerprint density at radius 3 is 2.57 bits per heavy atom. The van der Waals surface area contributed by atoms with Gasteiger partial charge in [0.25, 0.3) is 5.91 Å². The molecular weight excluding hydrogens is 414 g/mol. The molecule has 0 radical (unpaired) electrons. The Morgan fingerprint density at radius 2 is 1.89 bits per heavy atom. The molecular formula is C17H16F2N2O5S2. The lowest BCUT2D eigenvalue weighted by atomic mass is 10.3. The zero-order chi connectivity index (χ0) is 20.3. The van der Waals surface area contributed by atoms with E-state index in [0.717, 1.165) is 36.3 Å². The van der Waals surface area contributed by atoms with Crippen LogP contribution in [-0.4, -0.2) is 44.3 Å². The predicted molar refractivity (Wildman–Crippen MR) is 97.6 cm³/mol. The molecule has 7 nitrogen and oxygen atoms in total. The summed E-state index contributed by atoms with van der Waals surface area (Å²) in [5.41, 5.74) is -0.268. The number of hydrogen-bond donors (Lipinski definition) is 1. The van der Waals surface area contributed by atoms with Gasteiger partial charge >= 0.3 is 5.97 Å². The maximum absolute atomic E-state index is 13.5. The second kappa shape index (κ2) is 8.33. The highest BCUT2D eigenvalue weighted by molar-refractivity contribution is 7.89. The van der Waals surface area contributed by atoms with Crippen LogP contribution in [0.4, 0.5) is 14.5 Å². The van der Waals surface area contributed by atoms with Crippen molar-refractivity contribution in [2.45, 2.75) is 17.7 Å². The summed E-state index contributed by atoms with van der Waals surface area (Å²) in [6.45, 7) is 0.0212. The van der Waals surface area contributed by atoms with Crippen molar-refractivity contribution in [3.8, 4) is 0 Å². The summed E-state index contributed by atoms with van der Waals surface area (Å²) in [6, 6.07) is 3.92. The summed E-state index contributed by atoms with van der Waals surface area (Å²) in [7, 11) is -3.81. The number of amides is 1. The summed E-state index contributed by atoms with van der Waals surface area (Å²) in [6.07, 6.45) is 1.51. The molecule has 1 aromatic heterocycles. The van der Waals surface area contributed by atoms with Crippen LogP contribution in [0.5, 0.6) is 0 Å². The summed E-state index contributed by atoms with van der Waals surface area (Å²) in [4.78, 5) is 23.8. The van der Waals surface area contributed by atoms with Crippen LogP contribution >= 0.6 is 11.3 Å². The summed E-state index contributed by atoms with van der Waals surface area (Å²) in [5.74, 6) is -3.59. The molecule has 1 amide bonds. The van der Waals surface area contributed by atoms with Gasteiger partial charge in [-0.25, -0.2) is 22.0 Å². The molecule has 150 valence electrons. The Hall–Kier alpha value is -2.37. The van der Waals surface area contributed by atoms with Gasteiger partial charge in [0.05, 0.1) is 5.69 Å². The molecule has 0 aliphatic carbocycles. The molecule has 2 aromatic rings. The molecule has 0 saturated carbocycles. The van der Waals surface area contributed by atoms with E-state index in [1.807, 2.05) is 0 Å². The van der Waals surface area contributed by atoms with E-state index in [1.165, 1.54) is 15.8 Å². The van der Waals surface area contributed by atoms with Crippen LogP contribution in [0.2, 0.25) is 0 Å². The number of nitrogens with one attached hydrogen (secondary N) is 1. The summed E-state index contributed by atoms with van der Waals surface area (Å²) >= 11 is 0.889. The highest BCUT2D eigenvalue weighted by atomic mass is 32.2. The Balaban J connectivity index is 1.64. The van der Waals surface area contributed by atoms with E-state index in [-0.39, 0.29) is 15.5 Å². The van der Waals surface area contributed by atoms with Gasteiger partial charge in [-0.1, -0.05) is 0 Å². The maximum Gasteiger partial charge on any atom is 0.350 e. The lowest BCUT2D eigenvalue weighted by molar-refractivity contribution is -0.119. The Kier molecular flexibility index (Phi) is 6.06. The van der Waals surface area contributed by atoms with Crippen molar-refractivity contribution >= 4 is 38.9 Å². The largest absolute Gasteiger partial charge is 0.451 e. The van der Waals surface area contributed by atoms with Gasteiger partial charge in [0.2, 0.25) is 10.0 Å². The average molecular weight is 430 g/mol. The Morgan fingerprint density at radius 1 is 1.18 bits per heavy atom. The van der Waals surface area contributed by atoms with Crippen LogP contribution in [0.1, 0.15) is 22.5 Å². The summed E-state index contributed by atoms with van der Waals surface area (Å²) in [5, 5.41) is 3.60. The number of halogens is 2. The molecule has 2 heterocycles. The smallest absolute Gasteiger partial charge is 0.350 e. The molecule has 0 atom stereocenters. The van der Waals surface area contributed by atoms with Gasteiger partial charge in [-0.3, -0.25) is 4.79 Å². The first kappa shape index (κ1) is 20.4. The minimum atomic E-state index is -3.81. The van der Waals surface area contributed by atoms with Gasteiger partial charge in [0, 0.05) is 19.2 Å². The van der Waals surface area contributed by atoms with Crippen LogP contribution in [0.15, 0.2) is 34.5 Å². The number of nitrogens with zero attached hydrogens (tertiary/aromatic N) is 1. The van der Waals surface area contributed by atoms with Crippen LogP contribution in [0, 0.1) is 11.6 Å². The second-order valence-corrected chi connectivity index (χ2v) is 8.80. The number of anilines is 1. The predicted octanol–water partition coefficient (Wildman–Crippen LogP) is 2.61. The molecule has 1 aliphatic heterocycles. The van der Waals surface area contributed by atoms with Crippen molar-refractivity contribution < 1.29 is 31.5 Å². The highest BCUT2D eigenvalue weighted by Gasteiger charge is 2.32. The van der Waals surface area contributed by atoms with Crippen molar-refractivity contribution in [3.05, 3.63) is 46.2 Å². The molecule has 1 fully saturated rings. The first-order valence-electron chi connectivity index (χ1n) is 8.28. The van der Waals surface area contributed by atoms with Gasteiger partial charge in [-0.05, 0) is 36.4 Å². The number of esters is 1. The number of carbonyl (C=O) groups excluding carboxylic acids is 2. The number of rotatable bonds is 6. The van der Waals surface area contributed by atoms with Crippen LogP contribution < -0.4 is 5.32 Å². The third-order valence-electron chi connectivity index (χ3n) is 4.04. The van der Waals surface area contributed by atoms with Gasteiger partial charge in [0.1, 0.15) is 21.4 Å². The lowest BCUT2D eigenvalue weighted by Gasteiger charge is -2.15.